The maximum Gasteiger partial charge on any atom is 0.220 e. The molecule has 0 fully saturated rings. The molecule has 0 spiro atoms. The van der Waals surface area contributed by atoms with Gasteiger partial charge in [0.2, 0.25) is 5.91 Å². The molecule has 3 heteroatoms. The average Bonchev–Trinajstić information content (AvgIpc) is 2.67. The van der Waals surface area contributed by atoms with Gasteiger partial charge in [0.1, 0.15) is 5.76 Å². The highest BCUT2D eigenvalue weighted by atomic mass is 16.3. The van der Waals surface area contributed by atoms with E-state index in [2.05, 4.69) is 5.32 Å². The minimum absolute atomic E-state index is 0.143. The van der Waals surface area contributed by atoms with Gasteiger partial charge in [-0.25, -0.2) is 0 Å². The van der Waals surface area contributed by atoms with Crippen LogP contribution in [0.4, 0.5) is 0 Å². The smallest absolute Gasteiger partial charge is 0.220 e. The van der Waals surface area contributed by atoms with Crippen molar-refractivity contribution in [3.8, 4) is 0 Å². The van der Waals surface area contributed by atoms with E-state index in [0.717, 1.165) is 25.0 Å². The van der Waals surface area contributed by atoms with E-state index < -0.39 is 0 Å². The third kappa shape index (κ3) is 4.68. The van der Waals surface area contributed by atoms with E-state index in [4.69, 9.17) is 4.42 Å². The number of amides is 1. The molecule has 84 valence electrons. The highest BCUT2D eigenvalue weighted by Gasteiger charge is 2.07. The summed E-state index contributed by atoms with van der Waals surface area (Å²) < 4.78 is 5.22. The SMILES string of the molecule is CCCC(=O)N[C@H](C)CCc1ccco1. The van der Waals surface area contributed by atoms with Gasteiger partial charge in [-0.1, -0.05) is 6.92 Å². The zero-order chi connectivity index (χ0) is 11.1. The molecule has 0 saturated carbocycles. The van der Waals surface area contributed by atoms with E-state index in [-0.39, 0.29) is 11.9 Å². The summed E-state index contributed by atoms with van der Waals surface area (Å²) in [5.74, 6) is 1.12. The van der Waals surface area contributed by atoms with E-state index in [1.165, 1.54) is 0 Å². The van der Waals surface area contributed by atoms with Crippen molar-refractivity contribution in [3.05, 3.63) is 24.2 Å². The lowest BCUT2D eigenvalue weighted by atomic mass is 10.1. The van der Waals surface area contributed by atoms with Crippen molar-refractivity contribution in [1.82, 2.24) is 5.32 Å². The third-order valence-electron chi connectivity index (χ3n) is 2.29. The van der Waals surface area contributed by atoms with Gasteiger partial charge in [-0.2, -0.15) is 0 Å². The number of nitrogens with one attached hydrogen (secondary N) is 1. The number of hydrogen-bond donors (Lipinski definition) is 1. The van der Waals surface area contributed by atoms with Crippen LogP contribution in [0.2, 0.25) is 0 Å². The lowest BCUT2D eigenvalue weighted by Gasteiger charge is -2.12. The van der Waals surface area contributed by atoms with Gasteiger partial charge in [0.05, 0.1) is 6.26 Å². The summed E-state index contributed by atoms with van der Waals surface area (Å²) in [6.45, 7) is 4.03. The second-order valence-electron chi connectivity index (χ2n) is 3.84. The Labute approximate surface area is 90.9 Å². The number of rotatable bonds is 6. The standard InChI is InChI=1S/C12H19NO2/c1-3-5-12(14)13-10(2)7-8-11-6-4-9-15-11/h4,6,9-10H,3,5,7-8H2,1-2H3,(H,13,14)/t10-/m1/s1. The summed E-state index contributed by atoms with van der Waals surface area (Å²) in [6.07, 6.45) is 4.99. The van der Waals surface area contributed by atoms with E-state index in [9.17, 15) is 4.79 Å². The monoisotopic (exact) mass is 209 g/mol. The molecule has 1 amide bonds. The predicted octanol–water partition coefficient (Wildman–Crippen LogP) is 2.52. The molecule has 3 nitrogen and oxygen atoms in total. The van der Waals surface area contributed by atoms with Gasteiger partial charge < -0.3 is 9.73 Å². The molecule has 1 atom stereocenters. The molecule has 0 aliphatic heterocycles. The first-order chi connectivity index (χ1) is 7.22. The van der Waals surface area contributed by atoms with Crippen molar-refractivity contribution in [1.29, 1.82) is 0 Å². The van der Waals surface area contributed by atoms with Crippen molar-refractivity contribution in [2.75, 3.05) is 0 Å². The number of aryl methyl sites for hydroxylation is 1. The fourth-order valence-corrected chi connectivity index (χ4v) is 1.46. The van der Waals surface area contributed by atoms with Gasteiger partial charge in [0.15, 0.2) is 0 Å². The summed E-state index contributed by atoms with van der Waals surface area (Å²) in [4.78, 5) is 11.3. The zero-order valence-corrected chi connectivity index (χ0v) is 9.45. The summed E-state index contributed by atoms with van der Waals surface area (Å²) in [5.41, 5.74) is 0. The summed E-state index contributed by atoms with van der Waals surface area (Å²) in [5, 5.41) is 2.96. The lowest BCUT2D eigenvalue weighted by molar-refractivity contribution is -0.121. The average molecular weight is 209 g/mol. The highest BCUT2D eigenvalue weighted by Crippen LogP contribution is 2.05. The first kappa shape index (κ1) is 11.8. The summed E-state index contributed by atoms with van der Waals surface area (Å²) >= 11 is 0. The van der Waals surface area contributed by atoms with Crippen LogP contribution in [0.25, 0.3) is 0 Å². The molecule has 0 saturated heterocycles. The Kier molecular flexibility index (Phi) is 4.95. The van der Waals surface area contributed by atoms with Crippen LogP contribution in [0.15, 0.2) is 22.8 Å². The molecule has 0 unspecified atom stereocenters. The highest BCUT2D eigenvalue weighted by molar-refractivity contribution is 5.76. The van der Waals surface area contributed by atoms with Gasteiger partial charge in [0.25, 0.3) is 0 Å². The van der Waals surface area contributed by atoms with Gasteiger partial charge in [-0.05, 0) is 31.9 Å². The first-order valence-corrected chi connectivity index (χ1v) is 5.54. The van der Waals surface area contributed by atoms with Gasteiger partial charge in [-0.3, -0.25) is 4.79 Å². The molecular weight excluding hydrogens is 190 g/mol. The second kappa shape index (κ2) is 6.27. The molecule has 0 aliphatic rings. The minimum Gasteiger partial charge on any atom is -0.469 e. The van der Waals surface area contributed by atoms with Gasteiger partial charge in [-0.15, -0.1) is 0 Å². The van der Waals surface area contributed by atoms with Gasteiger partial charge >= 0.3 is 0 Å². The van der Waals surface area contributed by atoms with Crippen molar-refractivity contribution in [3.63, 3.8) is 0 Å². The van der Waals surface area contributed by atoms with E-state index in [1.54, 1.807) is 6.26 Å². The maximum atomic E-state index is 11.3. The zero-order valence-electron chi connectivity index (χ0n) is 9.45. The molecular formula is C12H19NO2. The Morgan fingerprint density at radius 1 is 1.60 bits per heavy atom. The molecule has 1 aromatic heterocycles. The van der Waals surface area contributed by atoms with Gasteiger partial charge in [0, 0.05) is 18.9 Å². The molecule has 0 radical (unpaired) electrons. The lowest BCUT2D eigenvalue weighted by Crippen LogP contribution is -2.32. The topological polar surface area (TPSA) is 42.2 Å². The quantitative estimate of drug-likeness (QED) is 0.782. The van der Waals surface area contributed by atoms with Crippen molar-refractivity contribution in [2.24, 2.45) is 0 Å². The Morgan fingerprint density at radius 2 is 2.40 bits per heavy atom. The van der Waals surface area contributed by atoms with Crippen LogP contribution in [0.5, 0.6) is 0 Å². The van der Waals surface area contributed by atoms with Crippen LogP contribution in [0.1, 0.15) is 38.9 Å². The fraction of sp³-hybridized carbons (Fsp3) is 0.583. The maximum absolute atomic E-state index is 11.3. The Bertz CT molecular complexity index is 280. The predicted molar refractivity (Wildman–Crippen MR) is 59.5 cm³/mol. The number of carbonyl (C=O) groups is 1. The Hall–Kier alpha value is -1.25. The summed E-state index contributed by atoms with van der Waals surface area (Å²) in [7, 11) is 0. The number of carbonyl (C=O) groups excluding carboxylic acids is 1. The minimum atomic E-state index is 0.143. The molecule has 1 aromatic rings. The fourth-order valence-electron chi connectivity index (χ4n) is 1.46. The van der Waals surface area contributed by atoms with Crippen LogP contribution in [-0.4, -0.2) is 11.9 Å². The normalized spacial score (nSPS) is 12.4. The molecule has 1 N–H and O–H groups in total. The van der Waals surface area contributed by atoms with Crippen molar-refractivity contribution >= 4 is 5.91 Å². The van der Waals surface area contributed by atoms with Crippen molar-refractivity contribution in [2.45, 2.75) is 45.6 Å². The number of hydrogen-bond acceptors (Lipinski definition) is 2. The van der Waals surface area contributed by atoms with E-state index in [1.807, 2.05) is 26.0 Å². The van der Waals surface area contributed by atoms with Crippen LogP contribution in [0.3, 0.4) is 0 Å². The molecule has 0 bridgehead atoms. The van der Waals surface area contributed by atoms with E-state index in [0.29, 0.717) is 6.42 Å². The summed E-state index contributed by atoms with van der Waals surface area (Å²) in [6, 6.07) is 4.06. The largest absolute Gasteiger partial charge is 0.469 e. The first-order valence-electron chi connectivity index (χ1n) is 5.54. The third-order valence-corrected chi connectivity index (χ3v) is 2.29. The van der Waals surface area contributed by atoms with Crippen molar-refractivity contribution < 1.29 is 9.21 Å². The Balaban J connectivity index is 2.18. The van der Waals surface area contributed by atoms with E-state index >= 15 is 0 Å². The molecule has 1 rings (SSSR count). The molecule has 0 aliphatic carbocycles. The second-order valence-corrected chi connectivity index (χ2v) is 3.84. The van der Waals surface area contributed by atoms with Crippen LogP contribution in [0, 0.1) is 0 Å². The Morgan fingerprint density at radius 3 is 3.00 bits per heavy atom. The van der Waals surface area contributed by atoms with Crippen LogP contribution < -0.4 is 5.32 Å². The molecule has 15 heavy (non-hydrogen) atoms. The molecule has 1 heterocycles. The van der Waals surface area contributed by atoms with Crippen LogP contribution in [-0.2, 0) is 11.2 Å². The number of furan rings is 1. The van der Waals surface area contributed by atoms with Crippen LogP contribution >= 0.6 is 0 Å². The molecule has 0 aromatic carbocycles.